The number of hydrogen-bond acceptors (Lipinski definition) is 4. The fraction of sp³-hybridized carbons (Fsp3) is 0.483. The van der Waals surface area contributed by atoms with Crippen molar-refractivity contribution in [3.8, 4) is 5.75 Å². The standard InChI is InChI=1S/C29H28F9NO3S/c1-15-24(16-9-18(27(30,31)32)11-19(10-16)28(33,34)35)41-25(40)39(15)14-17-13-26(2,3)8-7-21(17)22-12-20(42-29(36,37)38)5-6-23(22)43-4/h5-6,9-12,15,24H,7-8,13-14H2,1-4H3/t15-,24-/m0/s1. The van der Waals surface area contributed by atoms with Gasteiger partial charge >= 0.3 is 24.8 Å². The second-order valence-electron chi connectivity index (χ2n) is 11.3. The molecule has 0 N–H and O–H groups in total. The van der Waals surface area contributed by atoms with Crippen molar-refractivity contribution in [3.05, 3.63) is 64.2 Å². The summed E-state index contributed by atoms with van der Waals surface area (Å²) in [6.07, 6.45) is -14.1. The van der Waals surface area contributed by atoms with E-state index in [1.54, 1.807) is 6.26 Å². The molecule has 1 aliphatic heterocycles. The molecule has 2 aromatic rings. The summed E-state index contributed by atoms with van der Waals surface area (Å²) in [4.78, 5) is 14.9. The number of carbonyl (C=O) groups excluding carboxylic acids is 1. The van der Waals surface area contributed by atoms with Gasteiger partial charge in [-0.05, 0) is 96.5 Å². The molecule has 0 unspecified atom stereocenters. The Morgan fingerprint density at radius 3 is 2.12 bits per heavy atom. The highest BCUT2D eigenvalue weighted by molar-refractivity contribution is 7.98. The lowest BCUT2D eigenvalue weighted by Crippen LogP contribution is -2.35. The van der Waals surface area contributed by atoms with Crippen molar-refractivity contribution in [2.24, 2.45) is 5.41 Å². The third-order valence-corrected chi connectivity index (χ3v) is 8.39. The van der Waals surface area contributed by atoms with Gasteiger partial charge in [0.25, 0.3) is 0 Å². The molecule has 2 atom stereocenters. The molecule has 43 heavy (non-hydrogen) atoms. The van der Waals surface area contributed by atoms with Gasteiger partial charge in [-0.2, -0.15) is 26.3 Å². The number of benzene rings is 2. The molecule has 14 heteroatoms. The lowest BCUT2D eigenvalue weighted by molar-refractivity contribution is -0.274. The zero-order valence-electron chi connectivity index (χ0n) is 23.4. The normalized spacial score (nSPS) is 21.3. The first-order chi connectivity index (χ1) is 19.7. The molecule has 1 amide bonds. The summed E-state index contributed by atoms with van der Waals surface area (Å²) in [5.74, 6) is -0.420. The number of halogens is 9. The first kappa shape index (κ1) is 32.9. The van der Waals surface area contributed by atoms with Gasteiger partial charge in [0.15, 0.2) is 0 Å². The maximum absolute atomic E-state index is 13.5. The Bertz CT molecular complexity index is 1380. The summed E-state index contributed by atoms with van der Waals surface area (Å²) in [5, 5.41) is 0. The number of hydrogen-bond donors (Lipinski definition) is 0. The summed E-state index contributed by atoms with van der Waals surface area (Å²) in [6.45, 7) is 5.34. The van der Waals surface area contributed by atoms with Gasteiger partial charge in [-0.15, -0.1) is 24.9 Å². The summed E-state index contributed by atoms with van der Waals surface area (Å²) in [7, 11) is 0. The molecule has 2 aliphatic rings. The molecule has 1 fully saturated rings. The molecular formula is C29H28F9NO3S. The lowest BCUT2D eigenvalue weighted by Gasteiger charge is -2.36. The van der Waals surface area contributed by atoms with Crippen LogP contribution in [0, 0.1) is 5.41 Å². The monoisotopic (exact) mass is 641 g/mol. The highest BCUT2D eigenvalue weighted by Crippen LogP contribution is 2.47. The van der Waals surface area contributed by atoms with Crippen molar-refractivity contribution in [2.45, 2.75) is 75.8 Å². The van der Waals surface area contributed by atoms with Crippen LogP contribution in [-0.2, 0) is 17.1 Å². The molecule has 0 spiro atoms. The second kappa shape index (κ2) is 11.5. The van der Waals surface area contributed by atoms with Gasteiger partial charge in [0.05, 0.1) is 17.2 Å². The lowest BCUT2D eigenvalue weighted by atomic mass is 9.72. The molecule has 236 valence electrons. The Balaban J connectivity index is 1.74. The largest absolute Gasteiger partial charge is 0.573 e. The van der Waals surface area contributed by atoms with Gasteiger partial charge in [-0.1, -0.05) is 13.8 Å². The minimum Gasteiger partial charge on any atom is -0.439 e. The van der Waals surface area contributed by atoms with E-state index in [-0.39, 0.29) is 18.0 Å². The van der Waals surface area contributed by atoms with Crippen molar-refractivity contribution < 1.29 is 53.8 Å². The highest BCUT2D eigenvalue weighted by Gasteiger charge is 2.44. The van der Waals surface area contributed by atoms with E-state index in [0.717, 1.165) is 0 Å². The van der Waals surface area contributed by atoms with Crippen LogP contribution < -0.4 is 4.74 Å². The van der Waals surface area contributed by atoms with Crippen molar-refractivity contribution in [2.75, 3.05) is 12.8 Å². The first-order valence-electron chi connectivity index (χ1n) is 13.1. The Labute approximate surface area is 246 Å². The maximum atomic E-state index is 13.5. The number of rotatable bonds is 6. The van der Waals surface area contributed by atoms with Crippen LogP contribution in [0.2, 0.25) is 0 Å². The van der Waals surface area contributed by atoms with Crippen LogP contribution in [0.3, 0.4) is 0 Å². The summed E-state index contributed by atoms with van der Waals surface area (Å²) >= 11 is 1.31. The van der Waals surface area contributed by atoms with Gasteiger partial charge in [0, 0.05) is 11.4 Å². The van der Waals surface area contributed by atoms with Crippen molar-refractivity contribution in [1.29, 1.82) is 0 Å². The zero-order chi connectivity index (χ0) is 32.1. The number of cyclic esters (lactones) is 1. The number of carbonyl (C=O) groups is 1. The van der Waals surface area contributed by atoms with Crippen LogP contribution in [0.1, 0.15) is 68.4 Å². The Kier molecular flexibility index (Phi) is 8.77. The van der Waals surface area contributed by atoms with E-state index >= 15 is 0 Å². The molecule has 0 aromatic heterocycles. The van der Waals surface area contributed by atoms with Gasteiger partial charge in [-0.3, -0.25) is 4.90 Å². The molecule has 4 nitrogen and oxygen atoms in total. The third kappa shape index (κ3) is 7.55. The molecule has 1 aliphatic carbocycles. The molecule has 0 radical (unpaired) electrons. The molecule has 0 bridgehead atoms. The SMILES string of the molecule is CSc1ccc(OC(F)(F)F)cc1C1=C(CN2C(=O)O[C@H](c3cc(C(F)(F)F)cc(C(F)(F)F)c3)[C@@H]2C)CC(C)(C)CC1. The highest BCUT2D eigenvalue weighted by atomic mass is 32.2. The summed E-state index contributed by atoms with van der Waals surface area (Å²) < 4.78 is 129. The van der Waals surface area contributed by atoms with Gasteiger partial charge in [-0.25, -0.2) is 4.79 Å². The second-order valence-corrected chi connectivity index (χ2v) is 12.2. The summed E-state index contributed by atoms with van der Waals surface area (Å²) in [6, 6.07) is 4.10. The van der Waals surface area contributed by atoms with Crippen LogP contribution in [0.4, 0.5) is 44.3 Å². The van der Waals surface area contributed by atoms with E-state index in [1.165, 1.54) is 41.8 Å². The number of allylic oxidation sites excluding steroid dienone is 1. The molecule has 0 saturated carbocycles. The fourth-order valence-corrected chi connectivity index (χ4v) is 6.12. The van der Waals surface area contributed by atoms with Crippen molar-refractivity contribution >= 4 is 23.4 Å². The number of ether oxygens (including phenoxy) is 2. The van der Waals surface area contributed by atoms with E-state index in [1.807, 2.05) is 13.8 Å². The predicted octanol–water partition coefficient (Wildman–Crippen LogP) is 9.89. The topological polar surface area (TPSA) is 38.8 Å². The smallest absolute Gasteiger partial charge is 0.439 e. The quantitative estimate of drug-likeness (QED) is 0.233. The van der Waals surface area contributed by atoms with E-state index in [2.05, 4.69) is 4.74 Å². The van der Waals surface area contributed by atoms with Crippen molar-refractivity contribution in [1.82, 2.24) is 4.90 Å². The number of nitrogens with zero attached hydrogens (tertiary/aromatic N) is 1. The molecule has 1 saturated heterocycles. The number of alkyl halides is 9. The van der Waals surface area contributed by atoms with Gasteiger partial charge < -0.3 is 9.47 Å². The Hall–Kier alpha value is -3.03. The van der Waals surface area contributed by atoms with Crippen molar-refractivity contribution in [3.63, 3.8) is 0 Å². The van der Waals surface area contributed by atoms with Crippen LogP contribution >= 0.6 is 11.8 Å². The van der Waals surface area contributed by atoms with Crippen LogP contribution in [0.15, 0.2) is 46.9 Å². The number of thioether (sulfide) groups is 1. The third-order valence-electron chi connectivity index (χ3n) is 7.59. The van der Waals surface area contributed by atoms with Crippen LogP contribution in [-0.4, -0.2) is 36.2 Å². The van der Waals surface area contributed by atoms with E-state index in [9.17, 15) is 44.3 Å². The molecular weight excluding hydrogens is 613 g/mol. The zero-order valence-corrected chi connectivity index (χ0v) is 24.2. The summed E-state index contributed by atoms with van der Waals surface area (Å²) in [5.41, 5.74) is -1.88. The van der Waals surface area contributed by atoms with Crippen LogP contribution in [0.5, 0.6) is 5.75 Å². The Morgan fingerprint density at radius 1 is 0.977 bits per heavy atom. The van der Waals surface area contributed by atoms with Crippen LogP contribution in [0.25, 0.3) is 5.57 Å². The molecule has 2 aromatic carbocycles. The van der Waals surface area contributed by atoms with E-state index < -0.39 is 59.4 Å². The van der Waals surface area contributed by atoms with E-state index in [0.29, 0.717) is 53.0 Å². The minimum atomic E-state index is -5.08. The van der Waals surface area contributed by atoms with E-state index in [4.69, 9.17) is 4.74 Å². The molecule has 4 rings (SSSR count). The first-order valence-corrected chi connectivity index (χ1v) is 14.3. The fourth-order valence-electron chi connectivity index (χ4n) is 5.52. The van der Waals surface area contributed by atoms with Gasteiger partial charge in [0.1, 0.15) is 11.9 Å². The Morgan fingerprint density at radius 2 is 1.58 bits per heavy atom. The van der Waals surface area contributed by atoms with Gasteiger partial charge in [0.2, 0.25) is 0 Å². The maximum Gasteiger partial charge on any atom is 0.573 e. The average Bonchev–Trinajstić information content (AvgIpc) is 3.14. The average molecular weight is 642 g/mol. The minimum absolute atomic E-state index is 0.00382. The number of amides is 1. The molecule has 1 heterocycles. The predicted molar refractivity (Wildman–Crippen MR) is 141 cm³/mol.